The molecule has 0 fully saturated rings. The zero-order valence-corrected chi connectivity index (χ0v) is 17.4. The topological polar surface area (TPSA) is 107 Å². The lowest BCUT2D eigenvalue weighted by Gasteiger charge is -2.18. The van der Waals surface area contributed by atoms with Crippen molar-refractivity contribution < 1.29 is 31.2 Å². The van der Waals surface area contributed by atoms with Crippen LogP contribution >= 0.6 is 0 Å². The molecule has 3 N–H and O–H groups in total. The van der Waals surface area contributed by atoms with Crippen molar-refractivity contribution in [1.29, 1.82) is 0 Å². The Hall–Kier alpha value is -4.22. The summed E-state index contributed by atoms with van der Waals surface area (Å²) in [4.78, 5) is 21.4. The van der Waals surface area contributed by atoms with E-state index in [9.17, 15) is 22.4 Å². The van der Waals surface area contributed by atoms with Gasteiger partial charge in [-0.3, -0.25) is 9.78 Å². The number of alkyl halides is 3. The van der Waals surface area contributed by atoms with Gasteiger partial charge in [0.1, 0.15) is 11.6 Å². The number of aromatic nitrogens is 4. The van der Waals surface area contributed by atoms with Crippen LogP contribution in [0.4, 0.5) is 23.5 Å². The molecule has 0 radical (unpaired) electrons. The molecule has 0 saturated heterocycles. The second-order valence-electron chi connectivity index (χ2n) is 7.18. The lowest BCUT2D eigenvalue weighted by molar-refractivity contribution is -0.274. The van der Waals surface area contributed by atoms with Gasteiger partial charge < -0.3 is 15.8 Å². The Bertz CT molecular complexity index is 1490. The van der Waals surface area contributed by atoms with Gasteiger partial charge in [-0.25, -0.2) is 8.91 Å². The van der Waals surface area contributed by atoms with E-state index in [1.807, 2.05) is 0 Å². The largest absolute Gasteiger partial charge is 0.573 e. The van der Waals surface area contributed by atoms with E-state index in [1.54, 1.807) is 18.3 Å². The molecule has 0 unspecified atom stereocenters. The normalized spacial score (nSPS) is 14.2. The van der Waals surface area contributed by atoms with E-state index in [0.29, 0.717) is 35.0 Å². The third-order valence-electron chi connectivity index (χ3n) is 4.81. The Labute approximate surface area is 194 Å². The number of pyridine rings is 2. The van der Waals surface area contributed by atoms with Crippen molar-refractivity contribution in [3.05, 3.63) is 71.4 Å². The van der Waals surface area contributed by atoms with Gasteiger partial charge in [0.25, 0.3) is 5.91 Å². The molecular weight excluding hydrogens is 456 g/mol. The summed E-state index contributed by atoms with van der Waals surface area (Å²) in [6, 6.07) is 4.67. The van der Waals surface area contributed by atoms with Gasteiger partial charge in [-0.05, 0) is 55.7 Å². The van der Waals surface area contributed by atoms with Crippen molar-refractivity contribution in [1.82, 2.24) is 24.9 Å². The Kier molecular flexibility index (Phi) is 4.88. The number of anilines is 1. The van der Waals surface area contributed by atoms with Crippen molar-refractivity contribution >= 4 is 17.5 Å². The van der Waals surface area contributed by atoms with Crippen LogP contribution in [0, 0.1) is 12.7 Å². The van der Waals surface area contributed by atoms with Crippen LogP contribution in [0.15, 0.2) is 48.8 Å². The zero-order valence-electron chi connectivity index (χ0n) is 20.4. The van der Waals surface area contributed by atoms with Gasteiger partial charge in [-0.1, -0.05) is 0 Å². The van der Waals surface area contributed by atoms with E-state index < -0.39 is 42.3 Å². The van der Waals surface area contributed by atoms with Gasteiger partial charge in [0.15, 0.2) is 5.65 Å². The van der Waals surface area contributed by atoms with Crippen molar-refractivity contribution in [2.75, 3.05) is 5.73 Å². The van der Waals surface area contributed by atoms with Crippen LogP contribution in [0.3, 0.4) is 0 Å². The first-order valence-corrected chi connectivity index (χ1v) is 9.66. The van der Waals surface area contributed by atoms with Crippen LogP contribution < -0.4 is 15.8 Å². The summed E-state index contributed by atoms with van der Waals surface area (Å²) in [7, 11) is 0. The van der Waals surface area contributed by atoms with E-state index in [2.05, 4.69) is 25.1 Å². The molecule has 0 spiro atoms. The minimum atomic E-state index is -5.09. The number of aryl methyl sites for hydroxylation is 1. The predicted octanol–water partition coefficient (Wildman–Crippen LogP) is 4.21. The average Bonchev–Trinajstić information content (AvgIpc) is 3.16. The average molecular weight is 477 g/mol. The number of hydrogen-bond donors (Lipinski definition) is 2. The lowest BCUT2D eigenvalue weighted by Crippen LogP contribution is -2.28. The highest BCUT2D eigenvalue weighted by Crippen LogP contribution is 2.28. The fourth-order valence-electron chi connectivity index (χ4n) is 3.23. The third kappa shape index (κ3) is 4.90. The van der Waals surface area contributed by atoms with E-state index in [4.69, 9.17) is 9.85 Å². The van der Waals surface area contributed by atoms with E-state index in [1.165, 1.54) is 23.7 Å². The summed E-state index contributed by atoms with van der Waals surface area (Å²) in [6.07, 6.45) is -2.01. The molecule has 0 aliphatic heterocycles. The molecule has 0 aliphatic carbocycles. The van der Waals surface area contributed by atoms with Gasteiger partial charge in [-0.2, -0.15) is 4.98 Å². The molecule has 34 heavy (non-hydrogen) atoms. The molecule has 12 heteroatoms. The zero-order chi connectivity index (χ0) is 27.1. The number of rotatable bonds is 5. The maximum atomic E-state index is 14.6. The highest BCUT2D eigenvalue weighted by atomic mass is 19.4. The van der Waals surface area contributed by atoms with Gasteiger partial charge >= 0.3 is 6.36 Å². The van der Waals surface area contributed by atoms with Gasteiger partial charge in [0.2, 0.25) is 5.95 Å². The van der Waals surface area contributed by atoms with E-state index in [-0.39, 0.29) is 17.2 Å². The van der Waals surface area contributed by atoms with Crippen LogP contribution in [0.1, 0.15) is 38.6 Å². The predicted molar refractivity (Wildman–Crippen MR) is 114 cm³/mol. The summed E-state index contributed by atoms with van der Waals surface area (Å²) in [5.74, 6) is -2.84. The molecule has 0 saturated carbocycles. The number of nitrogens with two attached hydrogens (primary N) is 1. The summed E-state index contributed by atoms with van der Waals surface area (Å²) in [5, 5.41) is 6.19. The molecular formula is C22H18F4N6O2. The highest BCUT2D eigenvalue weighted by Gasteiger charge is 2.31. The number of ether oxygens (including phenoxy) is 1. The number of fused-ring (bicyclic) bond motifs is 1. The quantitative estimate of drug-likeness (QED) is 0.417. The minimum Gasteiger partial charge on any atom is -0.406 e. The molecule has 4 aromatic rings. The Morgan fingerprint density at radius 2 is 2.03 bits per heavy atom. The molecule has 8 nitrogen and oxygen atoms in total. The summed E-state index contributed by atoms with van der Waals surface area (Å²) >= 11 is 0. The van der Waals surface area contributed by atoms with Gasteiger partial charge in [0, 0.05) is 27.6 Å². The molecule has 1 atom stereocenters. The van der Waals surface area contributed by atoms with Crippen molar-refractivity contribution in [3.63, 3.8) is 0 Å². The highest BCUT2D eigenvalue weighted by molar-refractivity contribution is 5.96. The maximum absolute atomic E-state index is 14.6. The number of carbonyl (C=O) groups excluding carboxylic acids is 1. The van der Waals surface area contributed by atoms with Crippen LogP contribution in [-0.2, 0) is 0 Å². The molecule has 1 amide bonds. The van der Waals surface area contributed by atoms with Crippen LogP contribution in [0.5, 0.6) is 5.75 Å². The monoisotopic (exact) mass is 477 g/mol. The summed E-state index contributed by atoms with van der Waals surface area (Å²) < 4.78 is 81.0. The van der Waals surface area contributed by atoms with Crippen LogP contribution in [0.25, 0.3) is 16.8 Å². The molecule has 1 aromatic carbocycles. The van der Waals surface area contributed by atoms with E-state index >= 15 is 0 Å². The number of nitrogens with one attached hydrogen (secondary N) is 1. The number of nitrogens with zero attached hydrogens (tertiary/aromatic N) is 4. The molecule has 0 bridgehead atoms. The molecule has 0 aliphatic rings. The van der Waals surface area contributed by atoms with Gasteiger partial charge in [0.05, 0.1) is 17.3 Å². The number of amides is 1. The Morgan fingerprint density at radius 3 is 2.76 bits per heavy atom. The molecule has 3 aromatic heterocycles. The first-order valence-electron chi connectivity index (χ1n) is 11.2. The lowest BCUT2D eigenvalue weighted by atomic mass is 10.0. The van der Waals surface area contributed by atoms with Gasteiger partial charge in [-0.15, -0.1) is 18.3 Å². The molecule has 3 heterocycles. The number of benzene rings is 1. The first-order chi connectivity index (χ1) is 17.2. The van der Waals surface area contributed by atoms with Crippen LogP contribution in [-0.4, -0.2) is 31.9 Å². The van der Waals surface area contributed by atoms with Crippen molar-refractivity contribution in [3.8, 4) is 16.9 Å². The fourth-order valence-corrected chi connectivity index (χ4v) is 3.23. The summed E-state index contributed by atoms with van der Waals surface area (Å²) in [5.41, 5.74) is 6.59. The van der Waals surface area contributed by atoms with Crippen molar-refractivity contribution in [2.24, 2.45) is 0 Å². The number of carbonyl (C=O) groups is 1. The smallest absolute Gasteiger partial charge is 0.406 e. The number of halogens is 4. The maximum Gasteiger partial charge on any atom is 0.573 e. The Balaban J connectivity index is 1.68. The third-order valence-corrected chi connectivity index (χ3v) is 4.81. The SMILES string of the molecule is [2H]C([2H])([2H])[C@@H](NC(=O)c1cc(-c2ccn3nc(N)nc3c2)cnc1C)c1cc(OC(F)(F)F)ccc1F. The molecule has 176 valence electrons. The number of hydrogen-bond acceptors (Lipinski definition) is 6. The number of nitrogen functional groups attached to an aromatic ring is 1. The molecule has 4 rings (SSSR count). The standard InChI is InChI=1S/C22H18F4N6O2/c1-11-17(7-14(10-28-11)13-5-6-32-19(8-13)30-21(27)31-32)20(33)29-12(2)16-9-15(3-4-18(16)23)34-22(24,25)26/h3-10,12H,1-2H3,(H2,27,31)(H,29,33)/t12-/m1/s1/i2D3. The second-order valence-corrected chi connectivity index (χ2v) is 7.18. The first kappa shape index (κ1) is 19.3. The fraction of sp³-hybridized carbons (Fsp3) is 0.182. The summed E-state index contributed by atoms with van der Waals surface area (Å²) in [6.45, 7) is -1.52. The van der Waals surface area contributed by atoms with E-state index in [0.717, 1.165) is 0 Å². The van der Waals surface area contributed by atoms with Crippen molar-refractivity contribution in [2.45, 2.75) is 26.2 Å². The Morgan fingerprint density at radius 1 is 1.24 bits per heavy atom. The second kappa shape index (κ2) is 8.61. The van der Waals surface area contributed by atoms with Crippen LogP contribution in [0.2, 0.25) is 0 Å². The minimum absolute atomic E-state index is 0.0318.